The van der Waals surface area contributed by atoms with Gasteiger partial charge >= 0.3 is 5.97 Å². The van der Waals surface area contributed by atoms with Crippen LogP contribution in [0.2, 0.25) is 0 Å². The van der Waals surface area contributed by atoms with E-state index in [1.807, 2.05) is 11.6 Å². The molecule has 0 spiro atoms. The van der Waals surface area contributed by atoms with Crippen molar-refractivity contribution in [2.75, 3.05) is 13.1 Å². The SMILES string of the molecule is Cc1nn(CC(C)C)c(C)c1CCC(=O)N1CCC(C(=O)O)C1. The molecule has 6 nitrogen and oxygen atoms in total. The zero-order chi connectivity index (χ0) is 17.1. The zero-order valence-corrected chi connectivity index (χ0v) is 14.5. The van der Waals surface area contributed by atoms with Crippen LogP contribution in [0.3, 0.4) is 0 Å². The highest BCUT2D eigenvalue weighted by molar-refractivity contribution is 5.79. The van der Waals surface area contributed by atoms with Gasteiger partial charge in [0.2, 0.25) is 5.91 Å². The van der Waals surface area contributed by atoms with Gasteiger partial charge in [-0.1, -0.05) is 13.8 Å². The molecule has 0 aromatic carbocycles. The van der Waals surface area contributed by atoms with Crippen molar-refractivity contribution in [3.05, 3.63) is 17.0 Å². The van der Waals surface area contributed by atoms with Gasteiger partial charge in [0, 0.05) is 31.7 Å². The summed E-state index contributed by atoms with van der Waals surface area (Å²) in [5, 5.41) is 13.6. The lowest BCUT2D eigenvalue weighted by Crippen LogP contribution is -2.30. The Balaban J connectivity index is 1.95. The van der Waals surface area contributed by atoms with Crippen LogP contribution in [0.15, 0.2) is 0 Å². The van der Waals surface area contributed by atoms with E-state index < -0.39 is 11.9 Å². The first-order chi connectivity index (χ1) is 10.8. The number of rotatable bonds is 6. The number of nitrogens with zero attached hydrogens (tertiary/aromatic N) is 3. The normalized spacial score (nSPS) is 18.0. The second-order valence-electron chi connectivity index (χ2n) is 6.89. The molecule has 2 heterocycles. The van der Waals surface area contributed by atoms with Gasteiger partial charge in [-0.3, -0.25) is 14.3 Å². The molecule has 2 rings (SSSR count). The van der Waals surface area contributed by atoms with E-state index in [1.165, 1.54) is 0 Å². The van der Waals surface area contributed by atoms with Gasteiger partial charge in [-0.15, -0.1) is 0 Å². The van der Waals surface area contributed by atoms with Crippen LogP contribution in [0.5, 0.6) is 0 Å². The van der Waals surface area contributed by atoms with Gasteiger partial charge in [0.05, 0.1) is 11.6 Å². The van der Waals surface area contributed by atoms with E-state index in [2.05, 4.69) is 25.9 Å². The summed E-state index contributed by atoms with van der Waals surface area (Å²) >= 11 is 0. The van der Waals surface area contributed by atoms with Crippen molar-refractivity contribution in [1.29, 1.82) is 0 Å². The first-order valence-electron chi connectivity index (χ1n) is 8.33. The van der Waals surface area contributed by atoms with E-state index in [-0.39, 0.29) is 5.91 Å². The molecule has 0 aliphatic carbocycles. The Morgan fingerprint density at radius 1 is 1.35 bits per heavy atom. The van der Waals surface area contributed by atoms with Crippen molar-refractivity contribution < 1.29 is 14.7 Å². The Hall–Kier alpha value is -1.85. The summed E-state index contributed by atoms with van der Waals surface area (Å²) in [7, 11) is 0. The maximum atomic E-state index is 12.3. The predicted octanol–water partition coefficient (Wildman–Crippen LogP) is 2.02. The molecule has 1 unspecified atom stereocenters. The van der Waals surface area contributed by atoms with Crippen molar-refractivity contribution in [3.63, 3.8) is 0 Å². The van der Waals surface area contributed by atoms with Crippen LogP contribution >= 0.6 is 0 Å². The van der Waals surface area contributed by atoms with Crippen LogP contribution in [0, 0.1) is 25.7 Å². The zero-order valence-electron chi connectivity index (χ0n) is 14.5. The Morgan fingerprint density at radius 2 is 2.04 bits per heavy atom. The summed E-state index contributed by atoms with van der Waals surface area (Å²) in [5.41, 5.74) is 3.27. The van der Waals surface area contributed by atoms with Gasteiger partial charge in [-0.2, -0.15) is 5.10 Å². The fourth-order valence-electron chi connectivity index (χ4n) is 3.20. The third-order valence-corrected chi connectivity index (χ3v) is 4.55. The van der Waals surface area contributed by atoms with E-state index in [1.54, 1.807) is 4.90 Å². The van der Waals surface area contributed by atoms with Crippen LogP contribution in [-0.4, -0.2) is 44.8 Å². The Morgan fingerprint density at radius 3 is 2.61 bits per heavy atom. The lowest BCUT2D eigenvalue weighted by molar-refractivity contribution is -0.141. The fourth-order valence-corrected chi connectivity index (χ4v) is 3.20. The van der Waals surface area contributed by atoms with Crippen molar-refractivity contribution in [3.8, 4) is 0 Å². The molecular weight excluding hydrogens is 294 g/mol. The minimum atomic E-state index is -0.804. The summed E-state index contributed by atoms with van der Waals surface area (Å²) in [6.07, 6.45) is 1.65. The molecule has 1 saturated heterocycles. The molecule has 128 valence electrons. The van der Waals surface area contributed by atoms with E-state index in [0.717, 1.165) is 23.5 Å². The Bertz CT molecular complexity index is 592. The fraction of sp³-hybridized carbons (Fsp3) is 0.706. The van der Waals surface area contributed by atoms with Crippen LogP contribution in [-0.2, 0) is 22.6 Å². The van der Waals surface area contributed by atoms with Crippen LogP contribution < -0.4 is 0 Å². The molecule has 1 aromatic heterocycles. The third kappa shape index (κ3) is 4.12. The lowest BCUT2D eigenvalue weighted by Gasteiger charge is -2.15. The Kier molecular flexibility index (Phi) is 5.44. The van der Waals surface area contributed by atoms with E-state index in [4.69, 9.17) is 5.11 Å². The summed E-state index contributed by atoms with van der Waals surface area (Å²) in [5.74, 6) is -0.637. The molecule has 1 amide bonds. The summed E-state index contributed by atoms with van der Waals surface area (Å²) in [4.78, 5) is 25.0. The highest BCUT2D eigenvalue weighted by Gasteiger charge is 2.30. The molecule has 1 aliphatic heterocycles. The molecule has 1 aliphatic rings. The molecule has 1 atom stereocenters. The van der Waals surface area contributed by atoms with Crippen molar-refractivity contribution in [2.24, 2.45) is 11.8 Å². The number of carboxylic acids is 1. The van der Waals surface area contributed by atoms with Gasteiger partial charge in [0.25, 0.3) is 0 Å². The number of hydrogen-bond donors (Lipinski definition) is 1. The maximum absolute atomic E-state index is 12.3. The third-order valence-electron chi connectivity index (χ3n) is 4.55. The predicted molar refractivity (Wildman–Crippen MR) is 87.2 cm³/mol. The molecular formula is C17H27N3O3. The van der Waals surface area contributed by atoms with Crippen molar-refractivity contribution in [2.45, 2.75) is 53.5 Å². The molecule has 1 aromatic rings. The van der Waals surface area contributed by atoms with Crippen molar-refractivity contribution >= 4 is 11.9 Å². The summed E-state index contributed by atoms with van der Waals surface area (Å²) < 4.78 is 2.02. The first-order valence-corrected chi connectivity index (χ1v) is 8.33. The van der Waals surface area contributed by atoms with Crippen LogP contribution in [0.1, 0.15) is 43.6 Å². The largest absolute Gasteiger partial charge is 0.481 e. The van der Waals surface area contributed by atoms with E-state index in [9.17, 15) is 9.59 Å². The molecule has 1 N–H and O–H groups in total. The topological polar surface area (TPSA) is 75.4 Å². The van der Waals surface area contributed by atoms with Gasteiger partial charge in [-0.25, -0.2) is 0 Å². The lowest BCUT2D eigenvalue weighted by atomic mass is 10.1. The minimum absolute atomic E-state index is 0.0455. The molecule has 0 radical (unpaired) electrons. The second kappa shape index (κ2) is 7.15. The number of carbonyl (C=O) groups excluding carboxylic acids is 1. The van der Waals surface area contributed by atoms with Gasteiger partial charge < -0.3 is 10.0 Å². The standard InChI is InChI=1S/C17H27N3O3/c1-11(2)9-20-13(4)15(12(3)18-20)5-6-16(21)19-8-7-14(10-19)17(22)23/h11,14H,5-10H2,1-4H3,(H,22,23). The number of aliphatic carboxylic acids is 1. The number of aromatic nitrogens is 2. The second-order valence-corrected chi connectivity index (χ2v) is 6.89. The van der Waals surface area contributed by atoms with Gasteiger partial charge in [0.15, 0.2) is 0 Å². The van der Waals surface area contributed by atoms with Crippen LogP contribution in [0.25, 0.3) is 0 Å². The van der Waals surface area contributed by atoms with E-state index in [0.29, 0.717) is 38.3 Å². The number of hydrogen-bond acceptors (Lipinski definition) is 3. The quantitative estimate of drug-likeness (QED) is 0.870. The smallest absolute Gasteiger partial charge is 0.308 e. The van der Waals surface area contributed by atoms with Gasteiger partial charge in [-0.05, 0) is 38.2 Å². The molecule has 0 bridgehead atoms. The number of amides is 1. The number of carboxylic acid groups (broad SMARTS) is 1. The minimum Gasteiger partial charge on any atom is -0.481 e. The summed E-state index contributed by atoms with van der Waals surface area (Å²) in [6, 6.07) is 0. The van der Waals surface area contributed by atoms with Crippen LogP contribution in [0.4, 0.5) is 0 Å². The summed E-state index contributed by atoms with van der Waals surface area (Å²) in [6.45, 7) is 10.1. The maximum Gasteiger partial charge on any atom is 0.308 e. The molecule has 1 fully saturated rings. The number of likely N-dealkylation sites (tertiary alicyclic amines) is 1. The van der Waals surface area contributed by atoms with Crippen molar-refractivity contribution in [1.82, 2.24) is 14.7 Å². The number of aryl methyl sites for hydroxylation is 1. The Labute approximate surface area is 137 Å². The average Bonchev–Trinajstić information content (AvgIpc) is 3.04. The number of carbonyl (C=O) groups is 2. The van der Waals surface area contributed by atoms with Gasteiger partial charge in [0.1, 0.15) is 0 Å². The average molecular weight is 321 g/mol. The molecule has 6 heteroatoms. The molecule has 0 saturated carbocycles. The highest BCUT2D eigenvalue weighted by atomic mass is 16.4. The monoisotopic (exact) mass is 321 g/mol. The first kappa shape index (κ1) is 17.5. The van der Waals surface area contributed by atoms with E-state index >= 15 is 0 Å². The molecule has 23 heavy (non-hydrogen) atoms. The highest BCUT2D eigenvalue weighted by Crippen LogP contribution is 2.20.